The van der Waals surface area contributed by atoms with Crippen molar-refractivity contribution in [1.29, 1.82) is 0 Å². The zero-order chi connectivity index (χ0) is 19.5. The van der Waals surface area contributed by atoms with Crippen LogP contribution < -0.4 is 4.90 Å². The van der Waals surface area contributed by atoms with E-state index in [9.17, 15) is 19.1 Å². The molecule has 0 aromatic heterocycles. The Labute approximate surface area is 166 Å². The molecule has 26 heavy (non-hydrogen) atoms. The number of piperazine rings is 1. The number of hydrogen-bond donors (Lipinski definition) is 1. The standard InChI is InChI=1S/C18H24FIN2O4/c1-18(2,3)26-17(25)22-11-16(24)21(10-14(22)4-5-23)15-7-12(9-19)6-13(20)8-15/h6-8,14,23H,4-5,9-11H2,1-3H3/t14-/m0/s1. The summed E-state index contributed by atoms with van der Waals surface area (Å²) in [6.45, 7) is 4.63. The lowest BCUT2D eigenvalue weighted by Crippen LogP contribution is -2.59. The van der Waals surface area contributed by atoms with Crippen LogP contribution in [0.4, 0.5) is 14.9 Å². The Balaban J connectivity index is 2.26. The topological polar surface area (TPSA) is 70.1 Å². The molecule has 0 saturated carbocycles. The molecule has 1 N–H and O–H groups in total. The zero-order valence-electron chi connectivity index (χ0n) is 15.2. The number of carbonyl (C=O) groups is 2. The van der Waals surface area contributed by atoms with Crippen LogP contribution in [0.25, 0.3) is 0 Å². The predicted molar refractivity (Wildman–Crippen MR) is 105 cm³/mol. The summed E-state index contributed by atoms with van der Waals surface area (Å²) in [7, 11) is 0. The van der Waals surface area contributed by atoms with Crippen molar-refractivity contribution < 1.29 is 23.8 Å². The van der Waals surface area contributed by atoms with Crippen molar-refractivity contribution in [2.45, 2.75) is 45.5 Å². The summed E-state index contributed by atoms with van der Waals surface area (Å²) in [6, 6.07) is 4.78. The minimum atomic E-state index is -0.674. The monoisotopic (exact) mass is 478 g/mol. The fourth-order valence-electron chi connectivity index (χ4n) is 2.82. The van der Waals surface area contributed by atoms with E-state index in [1.54, 1.807) is 43.9 Å². The van der Waals surface area contributed by atoms with Gasteiger partial charge in [-0.3, -0.25) is 9.69 Å². The van der Waals surface area contributed by atoms with E-state index in [1.165, 1.54) is 4.90 Å². The van der Waals surface area contributed by atoms with Gasteiger partial charge in [0.25, 0.3) is 0 Å². The first kappa shape index (κ1) is 20.9. The molecule has 1 atom stereocenters. The van der Waals surface area contributed by atoms with Gasteiger partial charge in [0.2, 0.25) is 5.91 Å². The van der Waals surface area contributed by atoms with Crippen LogP contribution in [0.3, 0.4) is 0 Å². The molecule has 1 aliphatic rings. The Kier molecular flexibility index (Phi) is 6.84. The van der Waals surface area contributed by atoms with Gasteiger partial charge in [0.15, 0.2) is 0 Å². The van der Waals surface area contributed by atoms with Crippen LogP contribution in [-0.4, -0.2) is 53.3 Å². The van der Waals surface area contributed by atoms with Crippen LogP contribution >= 0.6 is 22.6 Å². The third kappa shape index (κ3) is 5.29. The highest BCUT2D eigenvalue weighted by atomic mass is 127. The van der Waals surface area contributed by atoms with Gasteiger partial charge in [0.1, 0.15) is 18.8 Å². The van der Waals surface area contributed by atoms with E-state index in [-0.39, 0.29) is 31.6 Å². The van der Waals surface area contributed by atoms with Crippen molar-refractivity contribution in [3.8, 4) is 0 Å². The van der Waals surface area contributed by atoms with Crippen molar-refractivity contribution in [3.05, 3.63) is 27.3 Å². The number of nitrogens with zero attached hydrogens (tertiary/aromatic N) is 2. The van der Waals surface area contributed by atoms with Gasteiger partial charge in [-0.1, -0.05) is 0 Å². The molecule has 0 bridgehead atoms. The largest absolute Gasteiger partial charge is 0.444 e. The highest BCUT2D eigenvalue weighted by molar-refractivity contribution is 14.1. The Hall–Kier alpha value is -1.42. The number of hydrogen-bond acceptors (Lipinski definition) is 4. The van der Waals surface area contributed by atoms with Crippen LogP contribution in [0.2, 0.25) is 0 Å². The van der Waals surface area contributed by atoms with E-state index >= 15 is 0 Å². The number of aliphatic hydroxyl groups is 1. The lowest BCUT2D eigenvalue weighted by atomic mass is 10.1. The van der Waals surface area contributed by atoms with Crippen molar-refractivity contribution in [2.24, 2.45) is 0 Å². The first-order chi connectivity index (χ1) is 12.1. The second kappa shape index (κ2) is 8.51. The van der Waals surface area contributed by atoms with E-state index < -0.39 is 18.4 Å². The number of aliphatic hydroxyl groups excluding tert-OH is 1. The first-order valence-corrected chi connectivity index (χ1v) is 9.48. The number of rotatable bonds is 4. The van der Waals surface area contributed by atoms with Gasteiger partial charge in [-0.15, -0.1) is 0 Å². The van der Waals surface area contributed by atoms with Gasteiger partial charge >= 0.3 is 6.09 Å². The third-order valence-electron chi connectivity index (χ3n) is 3.94. The molecule has 0 spiro atoms. The summed E-state index contributed by atoms with van der Waals surface area (Å²) in [6.07, 6.45) is -0.251. The summed E-state index contributed by atoms with van der Waals surface area (Å²) in [5.74, 6) is -0.267. The highest BCUT2D eigenvalue weighted by Crippen LogP contribution is 2.26. The smallest absolute Gasteiger partial charge is 0.411 e. The second-order valence-electron chi connectivity index (χ2n) is 7.23. The maximum absolute atomic E-state index is 13.1. The van der Waals surface area contributed by atoms with Crippen molar-refractivity contribution in [3.63, 3.8) is 0 Å². The lowest BCUT2D eigenvalue weighted by molar-refractivity contribution is -0.122. The molecular formula is C18H24FIN2O4. The average Bonchev–Trinajstić information content (AvgIpc) is 2.54. The number of halogens is 2. The molecule has 0 unspecified atom stereocenters. The van der Waals surface area contributed by atoms with Gasteiger partial charge in [0, 0.05) is 22.4 Å². The van der Waals surface area contributed by atoms with Crippen molar-refractivity contribution >= 4 is 40.3 Å². The molecule has 1 saturated heterocycles. The molecule has 2 amide bonds. The van der Waals surface area contributed by atoms with Crippen LogP contribution in [0.1, 0.15) is 32.8 Å². The van der Waals surface area contributed by atoms with E-state index in [1.807, 2.05) is 0 Å². The quantitative estimate of drug-likeness (QED) is 0.676. The molecule has 2 rings (SSSR count). The second-order valence-corrected chi connectivity index (χ2v) is 8.48. The van der Waals surface area contributed by atoms with Gasteiger partial charge in [-0.2, -0.15) is 0 Å². The van der Waals surface area contributed by atoms with Crippen LogP contribution in [-0.2, 0) is 16.2 Å². The molecule has 8 heteroatoms. The van der Waals surface area contributed by atoms with Gasteiger partial charge in [0.05, 0.1) is 6.04 Å². The fraction of sp³-hybridized carbons (Fsp3) is 0.556. The van der Waals surface area contributed by atoms with Crippen LogP contribution in [0, 0.1) is 3.57 Å². The number of amides is 2. The summed E-state index contributed by atoms with van der Waals surface area (Å²) in [5.41, 5.74) is 0.418. The molecule has 1 heterocycles. The highest BCUT2D eigenvalue weighted by Gasteiger charge is 2.37. The van der Waals surface area contributed by atoms with Gasteiger partial charge < -0.3 is 14.7 Å². The number of carbonyl (C=O) groups excluding carboxylic acids is 2. The number of benzene rings is 1. The Morgan fingerprint density at radius 2 is 2.08 bits per heavy atom. The number of ether oxygens (including phenoxy) is 1. The summed E-state index contributed by atoms with van der Waals surface area (Å²) < 4.78 is 19.3. The first-order valence-electron chi connectivity index (χ1n) is 8.41. The van der Waals surface area contributed by atoms with Gasteiger partial charge in [-0.05, 0) is 73.5 Å². The van der Waals surface area contributed by atoms with Crippen molar-refractivity contribution in [2.75, 3.05) is 24.6 Å². The zero-order valence-corrected chi connectivity index (χ0v) is 17.3. The fourth-order valence-corrected chi connectivity index (χ4v) is 3.54. The molecule has 1 aliphatic heterocycles. The predicted octanol–water partition coefficient (Wildman–Crippen LogP) is 3.10. The molecule has 1 fully saturated rings. The van der Waals surface area contributed by atoms with Crippen LogP contribution in [0.15, 0.2) is 18.2 Å². The third-order valence-corrected chi connectivity index (χ3v) is 4.56. The number of anilines is 1. The molecule has 0 aliphatic carbocycles. The molecule has 6 nitrogen and oxygen atoms in total. The SMILES string of the molecule is CC(C)(C)OC(=O)N1CC(=O)N(c2cc(I)cc(CF)c2)C[C@@H]1CCO. The van der Waals surface area contributed by atoms with E-state index in [2.05, 4.69) is 22.6 Å². The maximum Gasteiger partial charge on any atom is 0.411 e. The summed E-state index contributed by atoms with van der Waals surface area (Å²) >= 11 is 2.08. The lowest BCUT2D eigenvalue weighted by Gasteiger charge is -2.41. The Morgan fingerprint density at radius 3 is 2.65 bits per heavy atom. The normalized spacial score (nSPS) is 18.2. The maximum atomic E-state index is 13.1. The molecule has 0 radical (unpaired) electrons. The molecular weight excluding hydrogens is 454 g/mol. The summed E-state index contributed by atoms with van der Waals surface area (Å²) in [4.78, 5) is 28.0. The Bertz CT molecular complexity index is 678. The van der Waals surface area contributed by atoms with Crippen molar-refractivity contribution in [1.82, 2.24) is 4.90 Å². The minimum absolute atomic E-state index is 0.117. The summed E-state index contributed by atoms with van der Waals surface area (Å²) in [5, 5.41) is 9.37. The number of alkyl halides is 1. The van der Waals surface area contributed by atoms with Crippen LogP contribution in [0.5, 0.6) is 0 Å². The van der Waals surface area contributed by atoms with E-state index in [0.29, 0.717) is 17.7 Å². The minimum Gasteiger partial charge on any atom is -0.444 e. The van der Waals surface area contributed by atoms with E-state index in [0.717, 1.165) is 3.57 Å². The average molecular weight is 478 g/mol. The van der Waals surface area contributed by atoms with Gasteiger partial charge in [-0.25, -0.2) is 9.18 Å². The molecule has 1 aromatic rings. The molecule has 144 valence electrons. The Morgan fingerprint density at radius 1 is 1.38 bits per heavy atom. The van der Waals surface area contributed by atoms with E-state index in [4.69, 9.17) is 4.74 Å². The molecule has 1 aromatic carbocycles.